The smallest absolute Gasteiger partial charge is 0.0448 e. The number of hydrogen-bond donors (Lipinski definition) is 1. The normalized spacial score (nSPS) is 23.2. The Kier molecular flexibility index (Phi) is 3.93. The van der Waals surface area contributed by atoms with Crippen molar-refractivity contribution >= 4 is 16.5 Å². The van der Waals surface area contributed by atoms with Crippen LogP contribution in [-0.4, -0.2) is 25.2 Å². The van der Waals surface area contributed by atoms with Crippen LogP contribution >= 0.6 is 0 Å². The molecule has 0 spiro atoms. The molecule has 20 heavy (non-hydrogen) atoms. The number of benzene rings is 2. The lowest BCUT2D eigenvalue weighted by Gasteiger charge is -2.40. The molecule has 0 saturated carbocycles. The van der Waals surface area contributed by atoms with Gasteiger partial charge in [0.2, 0.25) is 0 Å². The molecule has 1 saturated heterocycles. The summed E-state index contributed by atoms with van der Waals surface area (Å²) in [7, 11) is 0. The standard InChI is InChI=1S/C18H24N2/c1-3-19-16-11-12-20(14(2)13-16)18-10-6-8-15-7-4-5-9-17(15)18/h4-10,14,16,19H,3,11-13H2,1-2H3. The molecule has 0 aliphatic carbocycles. The second kappa shape index (κ2) is 5.84. The summed E-state index contributed by atoms with van der Waals surface area (Å²) in [6.07, 6.45) is 2.47. The van der Waals surface area contributed by atoms with Gasteiger partial charge in [-0.15, -0.1) is 0 Å². The highest BCUT2D eigenvalue weighted by Crippen LogP contribution is 2.31. The molecule has 2 nitrogen and oxygen atoms in total. The third-order valence-electron chi connectivity index (χ3n) is 4.45. The first kappa shape index (κ1) is 13.4. The fourth-order valence-corrected chi connectivity index (χ4v) is 3.46. The predicted octanol–water partition coefficient (Wildman–Crippen LogP) is 3.81. The van der Waals surface area contributed by atoms with E-state index in [1.807, 2.05) is 0 Å². The van der Waals surface area contributed by atoms with Crippen molar-refractivity contribution in [3.63, 3.8) is 0 Å². The highest BCUT2D eigenvalue weighted by Gasteiger charge is 2.25. The molecule has 1 aliphatic rings. The van der Waals surface area contributed by atoms with Crippen molar-refractivity contribution < 1.29 is 0 Å². The lowest BCUT2D eigenvalue weighted by molar-refractivity contribution is 0.374. The average Bonchev–Trinajstić information content (AvgIpc) is 2.47. The summed E-state index contributed by atoms with van der Waals surface area (Å²) in [5.74, 6) is 0. The summed E-state index contributed by atoms with van der Waals surface area (Å²) < 4.78 is 0. The molecule has 2 unspecified atom stereocenters. The molecule has 1 aliphatic heterocycles. The second-order valence-corrected chi connectivity index (χ2v) is 5.82. The van der Waals surface area contributed by atoms with Gasteiger partial charge < -0.3 is 10.2 Å². The Morgan fingerprint density at radius 2 is 1.95 bits per heavy atom. The molecule has 0 aromatic heterocycles. The molecule has 1 N–H and O–H groups in total. The lowest BCUT2D eigenvalue weighted by Crippen LogP contribution is -2.47. The van der Waals surface area contributed by atoms with E-state index in [0.29, 0.717) is 12.1 Å². The van der Waals surface area contributed by atoms with E-state index in [1.165, 1.54) is 29.3 Å². The van der Waals surface area contributed by atoms with Crippen molar-refractivity contribution in [2.45, 2.75) is 38.8 Å². The van der Waals surface area contributed by atoms with Crippen LogP contribution in [0.15, 0.2) is 42.5 Å². The topological polar surface area (TPSA) is 15.3 Å². The molecule has 0 amide bonds. The molecular formula is C18H24N2. The van der Waals surface area contributed by atoms with Gasteiger partial charge in [0.05, 0.1) is 0 Å². The quantitative estimate of drug-likeness (QED) is 0.910. The second-order valence-electron chi connectivity index (χ2n) is 5.82. The minimum absolute atomic E-state index is 0.596. The van der Waals surface area contributed by atoms with Crippen LogP contribution in [0.3, 0.4) is 0 Å². The van der Waals surface area contributed by atoms with Gasteiger partial charge in [0, 0.05) is 29.7 Å². The fourth-order valence-electron chi connectivity index (χ4n) is 3.46. The number of nitrogens with zero attached hydrogens (tertiary/aromatic N) is 1. The van der Waals surface area contributed by atoms with Crippen LogP contribution in [0.1, 0.15) is 26.7 Å². The first-order valence-corrected chi connectivity index (χ1v) is 7.77. The molecule has 2 aromatic rings. The minimum Gasteiger partial charge on any atom is -0.368 e. The third-order valence-corrected chi connectivity index (χ3v) is 4.45. The van der Waals surface area contributed by atoms with Crippen LogP contribution in [0.2, 0.25) is 0 Å². The number of piperidine rings is 1. The Labute approximate surface area is 121 Å². The van der Waals surface area contributed by atoms with Gasteiger partial charge in [-0.05, 0) is 37.8 Å². The summed E-state index contributed by atoms with van der Waals surface area (Å²) in [6, 6.07) is 16.6. The first-order valence-electron chi connectivity index (χ1n) is 7.77. The van der Waals surface area contributed by atoms with Crippen LogP contribution in [-0.2, 0) is 0 Å². The molecule has 3 rings (SSSR count). The van der Waals surface area contributed by atoms with Gasteiger partial charge in [0.25, 0.3) is 0 Å². The minimum atomic E-state index is 0.596. The summed E-state index contributed by atoms with van der Waals surface area (Å²) in [5.41, 5.74) is 1.39. The molecule has 2 aromatic carbocycles. The molecule has 2 heteroatoms. The molecule has 0 bridgehead atoms. The Morgan fingerprint density at radius 3 is 2.75 bits per heavy atom. The maximum atomic E-state index is 3.60. The highest BCUT2D eigenvalue weighted by molar-refractivity contribution is 5.94. The van der Waals surface area contributed by atoms with Crippen LogP contribution in [0, 0.1) is 0 Å². The summed E-state index contributed by atoms with van der Waals surface area (Å²) >= 11 is 0. The van der Waals surface area contributed by atoms with Gasteiger partial charge in [-0.3, -0.25) is 0 Å². The largest absolute Gasteiger partial charge is 0.368 e. The number of rotatable bonds is 3. The Bertz CT molecular complexity index is 573. The predicted molar refractivity (Wildman–Crippen MR) is 87.5 cm³/mol. The lowest BCUT2D eigenvalue weighted by atomic mass is 9.96. The summed E-state index contributed by atoms with van der Waals surface area (Å²) in [6.45, 7) is 6.77. The van der Waals surface area contributed by atoms with Gasteiger partial charge in [-0.1, -0.05) is 43.3 Å². The van der Waals surface area contributed by atoms with Crippen LogP contribution in [0.25, 0.3) is 10.8 Å². The van der Waals surface area contributed by atoms with E-state index in [9.17, 15) is 0 Å². The number of hydrogen-bond acceptors (Lipinski definition) is 2. The van der Waals surface area contributed by atoms with Crippen molar-refractivity contribution in [2.75, 3.05) is 18.0 Å². The maximum absolute atomic E-state index is 3.60. The van der Waals surface area contributed by atoms with Crippen LogP contribution in [0.4, 0.5) is 5.69 Å². The van der Waals surface area contributed by atoms with E-state index >= 15 is 0 Å². The van der Waals surface area contributed by atoms with Crippen molar-refractivity contribution in [3.05, 3.63) is 42.5 Å². The number of fused-ring (bicyclic) bond motifs is 1. The summed E-state index contributed by atoms with van der Waals surface area (Å²) in [5, 5.41) is 6.31. The van der Waals surface area contributed by atoms with E-state index in [2.05, 4.69) is 66.5 Å². The van der Waals surface area contributed by atoms with E-state index < -0.39 is 0 Å². The third kappa shape index (κ3) is 2.53. The molecule has 106 valence electrons. The Morgan fingerprint density at radius 1 is 1.15 bits per heavy atom. The van der Waals surface area contributed by atoms with Crippen molar-refractivity contribution in [2.24, 2.45) is 0 Å². The van der Waals surface area contributed by atoms with Gasteiger partial charge in [-0.2, -0.15) is 0 Å². The highest BCUT2D eigenvalue weighted by atomic mass is 15.2. The van der Waals surface area contributed by atoms with E-state index in [-0.39, 0.29) is 0 Å². The van der Waals surface area contributed by atoms with Crippen LogP contribution in [0.5, 0.6) is 0 Å². The maximum Gasteiger partial charge on any atom is 0.0448 e. The molecule has 1 heterocycles. The van der Waals surface area contributed by atoms with E-state index in [0.717, 1.165) is 13.1 Å². The molecule has 0 radical (unpaired) electrons. The van der Waals surface area contributed by atoms with Gasteiger partial charge in [-0.25, -0.2) is 0 Å². The average molecular weight is 268 g/mol. The zero-order valence-electron chi connectivity index (χ0n) is 12.5. The van der Waals surface area contributed by atoms with Gasteiger partial charge in [0.15, 0.2) is 0 Å². The number of nitrogens with one attached hydrogen (secondary N) is 1. The van der Waals surface area contributed by atoms with E-state index in [4.69, 9.17) is 0 Å². The van der Waals surface area contributed by atoms with Crippen molar-refractivity contribution in [3.8, 4) is 0 Å². The Hall–Kier alpha value is -1.54. The Balaban J connectivity index is 1.88. The first-order chi connectivity index (χ1) is 9.79. The van der Waals surface area contributed by atoms with Crippen molar-refractivity contribution in [1.29, 1.82) is 0 Å². The summed E-state index contributed by atoms with van der Waals surface area (Å²) in [4.78, 5) is 2.58. The van der Waals surface area contributed by atoms with E-state index in [1.54, 1.807) is 0 Å². The van der Waals surface area contributed by atoms with Gasteiger partial charge >= 0.3 is 0 Å². The SMILES string of the molecule is CCNC1CCN(c2cccc3ccccc23)C(C)C1. The van der Waals surface area contributed by atoms with Crippen LogP contribution < -0.4 is 10.2 Å². The number of anilines is 1. The molecule has 1 fully saturated rings. The zero-order chi connectivity index (χ0) is 13.9. The molecular weight excluding hydrogens is 244 g/mol. The van der Waals surface area contributed by atoms with Crippen molar-refractivity contribution in [1.82, 2.24) is 5.32 Å². The van der Waals surface area contributed by atoms with Gasteiger partial charge in [0.1, 0.15) is 0 Å². The zero-order valence-corrected chi connectivity index (χ0v) is 12.5. The molecule has 2 atom stereocenters. The monoisotopic (exact) mass is 268 g/mol. The fraction of sp³-hybridized carbons (Fsp3) is 0.444.